The number of carbonyl (C=O) groups excluding carboxylic acids is 1. The second-order valence-electron chi connectivity index (χ2n) is 4.89. The highest BCUT2D eigenvalue weighted by molar-refractivity contribution is 5.76. The molecular weight excluding hydrogens is 268 g/mol. The van der Waals surface area contributed by atoms with Crippen molar-refractivity contribution in [2.24, 2.45) is 16.5 Å². The summed E-state index contributed by atoms with van der Waals surface area (Å²) in [6.07, 6.45) is 1.36. The molecule has 0 aromatic heterocycles. The van der Waals surface area contributed by atoms with E-state index in [2.05, 4.69) is 4.99 Å². The van der Waals surface area contributed by atoms with Crippen molar-refractivity contribution in [3.63, 3.8) is 0 Å². The van der Waals surface area contributed by atoms with Gasteiger partial charge >= 0.3 is 5.97 Å². The van der Waals surface area contributed by atoms with Crippen molar-refractivity contribution < 1.29 is 9.53 Å². The molecule has 0 bridgehead atoms. The molecule has 0 saturated carbocycles. The number of rotatable bonds is 8. The number of esters is 1. The van der Waals surface area contributed by atoms with Gasteiger partial charge in [0.05, 0.1) is 7.11 Å². The molecule has 0 aliphatic rings. The Hall–Kier alpha value is -2.08. The zero-order valence-electron chi connectivity index (χ0n) is 12.7. The predicted octanol–water partition coefficient (Wildman–Crippen LogP) is 0.714. The van der Waals surface area contributed by atoms with E-state index < -0.39 is 0 Å². The normalized spacial score (nSPS) is 12.0. The first-order valence-corrected chi connectivity index (χ1v) is 6.92. The monoisotopic (exact) mass is 292 g/mol. The molecule has 0 radical (unpaired) electrons. The molecule has 0 aliphatic carbocycles. The lowest BCUT2D eigenvalue weighted by molar-refractivity contribution is -0.147. The third kappa shape index (κ3) is 6.27. The van der Waals surface area contributed by atoms with Gasteiger partial charge in [-0.25, -0.2) is 0 Å². The Bertz CT molecular complexity index is 458. The molecule has 116 valence electrons. The van der Waals surface area contributed by atoms with Crippen molar-refractivity contribution in [3.8, 4) is 0 Å². The number of hydrogen-bond acceptors (Lipinski definition) is 4. The topological polar surface area (TPSA) is 93.9 Å². The van der Waals surface area contributed by atoms with Gasteiger partial charge in [0.2, 0.25) is 0 Å². The Morgan fingerprint density at radius 2 is 2.00 bits per heavy atom. The Balaban J connectivity index is 2.59. The molecule has 0 amide bonds. The van der Waals surface area contributed by atoms with Crippen LogP contribution in [0.3, 0.4) is 0 Å². The van der Waals surface area contributed by atoms with Gasteiger partial charge in [-0.05, 0) is 25.5 Å². The van der Waals surface area contributed by atoms with Crippen molar-refractivity contribution in [1.82, 2.24) is 4.90 Å². The highest BCUT2D eigenvalue weighted by Crippen LogP contribution is 2.12. The molecule has 0 fully saturated rings. The van der Waals surface area contributed by atoms with E-state index in [1.807, 2.05) is 42.3 Å². The summed E-state index contributed by atoms with van der Waals surface area (Å²) in [4.78, 5) is 17.8. The summed E-state index contributed by atoms with van der Waals surface area (Å²) >= 11 is 0. The lowest BCUT2D eigenvalue weighted by atomic mass is 10.1. The molecule has 1 rings (SSSR count). The molecule has 1 atom stereocenters. The number of aliphatic imine (C=N–C) groups is 1. The van der Waals surface area contributed by atoms with Crippen molar-refractivity contribution in [1.29, 1.82) is 0 Å². The number of nitrogens with zero attached hydrogens (tertiary/aromatic N) is 2. The Labute approximate surface area is 125 Å². The Morgan fingerprint density at radius 3 is 2.57 bits per heavy atom. The molecule has 0 aliphatic heterocycles. The highest BCUT2D eigenvalue weighted by atomic mass is 16.5. The number of hydrogen-bond donors (Lipinski definition) is 2. The minimum Gasteiger partial charge on any atom is -0.468 e. The standard InChI is InChI=1S/C15H24N4O2/c1-19(11-12-7-4-3-5-8-12)13(14(20)21-2)9-6-10-18-15(16)17/h3-5,7-8,13H,6,9-11H2,1-2H3,(H4,16,17,18)/t13-/m0/s1. The zero-order valence-corrected chi connectivity index (χ0v) is 12.7. The summed E-state index contributed by atoms with van der Waals surface area (Å²) in [7, 11) is 3.32. The van der Waals surface area contributed by atoms with Crippen LogP contribution in [0.25, 0.3) is 0 Å². The Morgan fingerprint density at radius 1 is 1.33 bits per heavy atom. The summed E-state index contributed by atoms with van der Waals surface area (Å²) in [5.41, 5.74) is 11.7. The van der Waals surface area contributed by atoms with Gasteiger partial charge in [0.15, 0.2) is 5.96 Å². The van der Waals surface area contributed by atoms with Gasteiger partial charge < -0.3 is 16.2 Å². The van der Waals surface area contributed by atoms with Crippen LogP contribution in [0.4, 0.5) is 0 Å². The Kier molecular flexibility index (Phi) is 7.25. The van der Waals surface area contributed by atoms with E-state index in [1.165, 1.54) is 7.11 Å². The maximum atomic E-state index is 11.9. The predicted molar refractivity (Wildman–Crippen MR) is 83.6 cm³/mol. The van der Waals surface area contributed by atoms with E-state index in [9.17, 15) is 4.79 Å². The maximum absolute atomic E-state index is 11.9. The van der Waals surface area contributed by atoms with Crippen LogP contribution in [-0.4, -0.2) is 43.6 Å². The molecule has 6 heteroatoms. The van der Waals surface area contributed by atoms with E-state index in [0.717, 1.165) is 12.0 Å². The first-order chi connectivity index (χ1) is 10.0. The lowest BCUT2D eigenvalue weighted by Crippen LogP contribution is -2.39. The van der Waals surface area contributed by atoms with Gasteiger partial charge in [-0.15, -0.1) is 0 Å². The van der Waals surface area contributed by atoms with E-state index in [0.29, 0.717) is 19.5 Å². The number of guanidine groups is 1. The largest absolute Gasteiger partial charge is 0.468 e. The number of ether oxygens (including phenoxy) is 1. The van der Waals surface area contributed by atoms with E-state index in [-0.39, 0.29) is 18.0 Å². The first kappa shape index (κ1) is 17.0. The molecule has 1 aromatic carbocycles. The quantitative estimate of drug-likeness (QED) is 0.318. The fraction of sp³-hybridized carbons (Fsp3) is 0.467. The van der Waals surface area contributed by atoms with Crippen molar-refractivity contribution >= 4 is 11.9 Å². The number of likely N-dealkylation sites (N-methyl/N-ethyl adjacent to an activating group) is 1. The highest BCUT2D eigenvalue weighted by Gasteiger charge is 2.23. The van der Waals surface area contributed by atoms with E-state index >= 15 is 0 Å². The third-order valence-electron chi connectivity index (χ3n) is 3.21. The van der Waals surface area contributed by atoms with Gasteiger partial charge in [-0.3, -0.25) is 14.7 Å². The van der Waals surface area contributed by atoms with Gasteiger partial charge in [-0.1, -0.05) is 30.3 Å². The second-order valence-corrected chi connectivity index (χ2v) is 4.89. The second kappa shape index (κ2) is 8.97. The molecular formula is C15H24N4O2. The molecule has 4 N–H and O–H groups in total. The van der Waals surface area contributed by atoms with Crippen molar-refractivity contribution in [2.45, 2.75) is 25.4 Å². The van der Waals surface area contributed by atoms with Crippen molar-refractivity contribution in [2.75, 3.05) is 20.7 Å². The fourth-order valence-corrected chi connectivity index (χ4v) is 2.13. The molecule has 0 heterocycles. The number of nitrogens with two attached hydrogens (primary N) is 2. The van der Waals surface area contributed by atoms with Crippen LogP contribution in [0.1, 0.15) is 18.4 Å². The summed E-state index contributed by atoms with van der Waals surface area (Å²) in [6, 6.07) is 9.69. The number of carbonyl (C=O) groups is 1. The fourth-order valence-electron chi connectivity index (χ4n) is 2.13. The lowest BCUT2D eigenvalue weighted by Gasteiger charge is -2.25. The van der Waals surface area contributed by atoms with Gasteiger partial charge in [0, 0.05) is 13.1 Å². The maximum Gasteiger partial charge on any atom is 0.323 e. The van der Waals surface area contributed by atoms with Crippen LogP contribution in [0, 0.1) is 0 Å². The first-order valence-electron chi connectivity index (χ1n) is 6.92. The number of benzene rings is 1. The third-order valence-corrected chi connectivity index (χ3v) is 3.21. The minimum absolute atomic E-state index is 0.0715. The van der Waals surface area contributed by atoms with Gasteiger partial charge in [0.1, 0.15) is 6.04 Å². The van der Waals surface area contributed by atoms with Crippen LogP contribution in [0.15, 0.2) is 35.3 Å². The summed E-state index contributed by atoms with van der Waals surface area (Å²) in [5, 5.41) is 0. The average Bonchev–Trinajstić information content (AvgIpc) is 2.47. The molecule has 6 nitrogen and oxygen atoms in total. The molecule has 0 spiro atoms. The SMILES string of the molecule is COC(=O)[C@H](CCCN=C(N)N)N(C)Cc1ccccc1. The van der Waals surface area contributed by atoms with E-state index in [1.54, 1.807) is 0 Å². The van der Waals surface area contributed by atoms with Crippen LogP contribution < -0.4 is 11.5 Å². The van der Waals surface area contributed by atoms with Gasteiger partial charge in [0.25, 0.3) is 0 Å². The summed E-state index contributed by atoms with van der Waals surface area (Å²) in [5.74, 6) is -0.166. The number of methoxy groups -OCH3 is 1. The molecule has 1 aromatic rings. The average molecular weight is 292 g/mol. The molecule has 21 heavy (non-hydrogen) atoms. The minimum atomic E-state index is -0.301. The molecule has 0 unspecified atom stereocenters. The van der Waals surface area contributed by atoms with Crippen molar-refractivity contribution in [3.05, 3.63) is 35.9 Å². The van der Waals surface area contributed by atoms with Gasteiger partial charge in [-0.2, -0.15) is 0 Å². The van der Waals surface area contributed by atoms with Crippen LogP contribution in [-0.2, 0) is 16.1 Å². The van der Waals surface area contributed by atoms with Crippen LogP contribution >= 0.6 is 0 Å². The summed E-state index contributed by atoms with van der Waals surface area (Å²) in [6.45, 7) is 1.19. The molecule has 0 saturated heterocycles. The van der Waals surface area contributed by atoms with Crippen LogP contribution in [0.2, 0.25) is 0 Å². The van der Waals surface area contributed by atoms with E-state index in [4.69, 9.17) is 16.2 Å². The zero-order chi connectivity index (χ0) is 15.7. The smallest absolute Gasteiger partial charge is 0.323 e. The van der Waals surface area contributed by atoms with Crippen LogP contribution in [0.5, 0.6) is 0 Å². The summed E-state index contributed by atoms with van der Waals surface area (Å²) < 4.78 is 4.88.